The molecule has 28 heavy (non-hydrogen) atoms. The van der Waals surface area contributed by atoms with Gasteiger partial charge in [0.1, 0.15) is 16.6 Å². The molecule has 1 aromatic heterocycles. The monoisotopic (exact) mass is 387 g/mol. The Balaban J connectivity index is 1.50. The summed E-state index contributed by atoms with van der Waals surface area (Å²) in [6.07, 6.45) is 4.14. The molecule has 3 aromatic carbocycles. The minimum Gasteiger partial charge on any atom is -0.497 e. The van der Waals surface area contributed by atoms with E-state index in [0.717, 1.165) is 38.7 Å². The van der Waals surface area contributed by atoms with E-state index in [4.69, 9.17) is 4.74 Å². The lowest BCUT2D eigenvalue weighted by Gasteiger charge is -2.01. The molecule has 0 aliphatic carbocycles. The predicted octanol–water partition coefficient (Wildman–Crippen LogP) is 6.80. The number of methoxy groups -OCH3 is 1. The summed E-state index contributed by atoms with van der Waals surface area (Å²) in [5, 5.41) is 2.91. The highest BCUT2D eigenvalue weighted by molar-refractivity contribution is 7.13. The molecule has 0 fully saturated rings. The van der Waals surface area contributed by atoms with Crippen LogP contribution in [0.5, 0.6) is 5.75 Å². The maximum atomic E-state index is 13.1. The van der Waals surface area contributed by atoms with Crippen molar-refractivity contribution in [1.82, 2.24) is 4.98 Å². The Morgan fingerprint density at radius 2 is 1.57 bits per heavy atom. The largest absolute Gasteiger partial charge is 0.497 e. The summed E-state index contributed by atoms with van der Waals surface area (Å²) in [7, 11) is 1.67. The molecular weight excluding hydrogens is 369 g/mol. The molecule has 0 unspecified atom stereocenters. The highest BCUT2D eigenvalue weighted by atomic mass is 32.1. The Labute approximate surface area is 167 Å². The van der Waals surface area contributed by atoms with Crippen LogP contribution >= 0.6 is 11.3 Å². The zero-order chi connectivity index (χ0) is 19.3. The predicted molar refractivity (Wildman–Crippen MR) is 115 cm³/mol. The number of benzene rings is 3. The Bertz CT molecular complexity index is 1100. The van der Waals surface area contributed by atoms with Crippen LogP contribution in [0.1, 0.15) is 11.1 Å². The van der Waals surface area contributed by atoms with E-state index in [1.807, 2.05) is 29.6 Å². The van der Waals surface area contributed by atoms with Crippen LogP contribution in [0.3, 0.4) is 0 Å². The van der Waals surface area contributed by atoms with Gasteiger partial charge in [0.25, 0.3) is 0 Å². The van der Waals surface area contributed by atoms with Crippen LogP contribution in [-0.4, -0.2) is 12.1 Å². The van der Waals surface area contributed by atoms with E-state index in [9.17, 15) is 4.39 Å². The highest BCUT2D eigenvalue weighted by Gasteiger charge is 2.07. The molecule has 0 amide bonds. The van der Waals surface area contributed by atoms with Crippen LogP contribution in [0.4, 0.5) is 4.39 Å². The van der Waals surface area contributed by atoms with Gasteiger partial charge < -0.3 is 4.74 Å². The van der Waals surface area contributed by atoms with Gasteiger partial charge in [0.05, 0.1) is 12.8 Å². The van der Waals surface area contributed by atoms with Gasteiger partial charge in [-0.1, -0.05) is 48.6 Å². The molecule has 2 nitrogen and oxygen atoms in total. The Hall–Kier alpha value is -3.24. The zero-order valence-corrected chi connectivity index (χ0v) is 16.1. The lowest BCUT2D eigenvalue weighted by atomic mass is 10.1. The Kier molecular flexibility index (Phi) is 5.31. The van der Waals surface area contributed by atoms with Crippen LogP contribution in [-0.2, 0) is 0 Å². The molecule has 0 atom stereocenters. The van der Waals surface area contributed by atoms with Gasteiger partial charge in [0.2, 0.25) is 0 Å². The van der Waals surface area contributed by atoms with Gasteiger partial charge in [0, 0.05) is 16.5 Å². The van der Waals surface area contributed by atoms with E-state index in [2.05, 4.69) is 41.4 Å². The van der Waals surface area contributed by atoms with Crippen LogP contribution < -0.4 is 4.74 Å². The van der Waals surface area contributed by atoms with E-state index in [0.29, 0.717) is 0 Å². The number of aromatic nitrogens is 1. The SMILES string of the molecule is COc1cccc(/C=C/c2ccc(-c3csc(-c4ccc(F)cc4)n3)cc2)c1. The van der Waals surface area contributed by atoms with Crippen LogP contribution in [0.15, 0.2) is 78.2 Å². The Morgan fingerprint density at radius 1 is 0.857 bits per heavy atom. The first-order valence-electron chi connectivity index (χ1n) is 8.85. The minimum absolute atomic E-state index is 0.238. The molecule has 4 heteroatoms. The molecule has 4 aromatic rings. The minimum atomic E-state index is -0.238. The van der Waals surface area contributed by atoms with Crippen molar-refractivity contribution in [2.45, 2.75) is 0 Å². The summed E-state index contributed by atoms with van der Waals surface area (Å²) < 4.78 is 18.3. The van der Waals surface area contributed by atoms with Gasteiger partial charge in [-0.05, 0) is 47.5 Å². The standard InChI is InChI=1S/C24H18FNOS/c1-27-22-4-2-3-18(15-22)6-5-17-7-9-19(10-8-17)23-16-28-24(26-23)20-11-13-21(25)14-12-20/h2-16H,1H3/b6-5+. The van der Waals surface area contributed by atoms with Crippen molar-refractivity contribution in [2.24, 2.45) is 0 Å². The number of halogens is 1. The number of rotatable bonds is 5. The molecule has 0 radical (unpaired) electrons. The molecule has 0 saturated heterocycles. The first-order valence-corrected chi connectivity index (χ1v) is 9.73. The van der Waals surface area contributed by atoms with Gasteiger partial charge in [-0.25, -0.2) is 9.37 Å². The van der Waals surface area contributed by atoms with Gasteiger partial charge in [-0.15, -0.1) is 11.3 Å². The van der Waals surface area contributed by atoms with Crippen LogP contribution in [0.25, 0.3) is 34.0 Å². The number of ether oxygens (including phenoxy) is 1. The fourth-order valence-electron chi connectivity index (χ4n) is 2.83. The van der Waals surface area contributed by atoms with Crippen molar-refractivity contribution < 1.29 is 9.13 Å². The molecule has 0 spiro atoms. The highest BCUT2D eigenvalue weighted by Crippen LogP contribution is 2.29. The summed E-state index contributed by atoms with van der Waals surface area (Å²) in [6, 6.07) is 22.6. The maximum absolute atomic E-state index is 13.1. The second-order valence-electron chi connectivity index (χ2n) is 6.28. The van der Waals surface area contributed by atoms with Crippen molar-refractivity contribution in [3.8, 4) is 27.6 Å². The smallest absolute Gasteiger partial charge is 0.124 e. The van der Waals surface area contributed by atoms with Crippen LogP contribution in [0.2, 0.25) is 0 Å². The van der Waals surface area contributed by atoms with E-state index >= 15 is 0 Å². The van der Waals surface area contributed by atoms with E-state index in [1.54, 1.807) is 30.6 Å². The summed E-state index contributed by atoms with van der Waals surface area (Å²) in [6.45, 7) is 0. The lowest BCUT2D eigenvalue weighted by Crippen LogP contribution is -1.82. The molecule has 0 bridgehead atoms. The van der Waals surface area contributed by atoms with Crippen molar-refractivity contribution in [3.63, 3.8) is 0 Å². The molecule has 1 heterocycles. The molecule has 0 aliphatic heterocycles. The lowest BCUT2D eigenvalue weighted by molar-refractivity contribution is 0.414. The quantitative estimate of drug-likeness (QED) is 0.352. The van der Waals surface area contributed by atoms with Gasteiger partial charge in [-0.3, -0.25) is 0 Å². The molecule has 0 aliphatic rings. The Morgan fingerprint density at radius 3 is 2.32 bits per heavy atom. The molecule has 0 N–H and O–H groups in total. The second-order valence-corrected chi connectivity index (χ2v) is 7.13. The second kappa shape index (κ2) is 8.19. The summed E-state index contributed by atoms with van der Waals surface area (Å²) in [5.74, 6) is 0.608. The number of nitrogens with zero attached hydrogens (tertiary/aromatic N) is 1. The molecule has 138 valence electrons. The first-order chi connectivity index (χ1) is 13.7. The third-order valence-corrected chi connectivity index (χ3v) is 5.26. The van der Waals surface area contributed by atoms with E-state index in [1.165, 1.54) is 12.1 Å². The summed E-state index contributed by atoms with van der Waals surface area (Å²) in [4.78, 5) is 4.69. The fourth-order valence-corrected chi connectivity index (χ4v) is 3.67. The molecule has 0 saturated carbocycles. The number of hydrogen-bond acceptors (Lipinski definition) is 3. The van der Waals surface area contributed by atoms with Gasteiger partial charge in [-0.2, -0.15) is 0 Å². The zero-order valence-electron chi connectivity index (χ0n) is 15.3. The fraction of sp³-hybridized carbons (Fsp3) is 0.0417. The van der Waals surface area contributed by atoms with Crippen LogP contribution in [0, 0.1) is 5.82 Å². The van der Waals surface area contributed by atoms with E-state index in [-0.39, 0.29) is 5.82 Å². The molecule has 4 rings (SSSR count). The van der Waals surface area contributed by atoms with Crippen molar-refractivity contribution >= 4 is 23.5 Å². The van der Waals surface area contributed by atoms with Crippen molar-refractivity contribution in [2.75, 3.05) is 7.11 Å². The van der Waals surface area contributed by atoms with Gasteiger partial charge >= 0.3 is 0 Å². The van der Waals surface area contributed by atoms with E-state index < -0.39 is 0 Å². The van der Waals surface area contributed by atoms with Gasteiger partial charge in [0.15, 0.2) is 0 Å². The third kappa shape index (κ3) is 4.18. The first kappa shape index (κ1) is 18.1. The average Bonchev–Trinajstić information content (AvgIpc) is 3.23. The van der Waals surface area contributed by atoms with Crippen molar-refractivity contribution in [1.29, 1.82) is 0 Å². The normalized spacial score (nSPS) is 11.1. The number of thiazole rings is 1. The average molecular weight is 387 g/mol. The number of hydrogen-bond donors (Lipinski definition) is 0. The summed E-state index contributed by atoms with van der Waals surface area (Å²) in [5.41, 5.74) is 5.11. The third-order valence-electron chi connectivity index (χ3n) is 4.36. The maximum Gasteiger partial charge on any atom is 0.124 e. The van der Waals surface area contributed by atoms with Crippen molar-refractivity contribution in [3.05, 3.63) is 95.1 Å². The summed E-state index contributed by atoms with van der Waals surface area (Å²) >= 11 is 1.56. The molecular formula is C24H18FNOS. The topological polar surface area (TPSA) is 22.1 Å².